The maximum Gasteiger partial charge on any atom is 0.0749 e. The molecule has 0 fully saturated rings. The Bertz CT molecular complexity index is 365. The summed E-state index contributed by atoms with van der Waals surface area (Å²) in [6.07, 6.45) is 6.26. The van der Waals surface area contributed by atoms with Crippen LogP contribution in [0.1, 0.15) is 18.4 Å². The highest BCUT2D eigenvalue weighted by atomic mass is 35.5. The van der Waals surface area contributed by atoms with Gasteiger partial charge in [-0.3, -0.25) is 4.84 Å². The second-order valence-corrected chi connectivity index (χ2v) is 4.13. The third-order valence-corrected chi connectivity index (χ3v) is 2.82. The first-order chi connectivity index (χ1) is 7.92. The Kier molecular flexibility index (Phi) is 4.25. The van der Waals surface area contributed by atoms with Gasteiger partial charge in [-0.15, -0.1) is 11.6 Å². The first kappa shape index (κ1) is 11.5. The van der Waals surface area contributed by atoms with E-state index in [9.17, 15) is 0 Å². The molecule has 86 valence electrons. The lowest BCUT2D eigenvalue weighted by Crippen LogP contribution is -2.26. The molecule has 0 aliphatic carbocycles. The van der Waals surface area contributed by atoms with Crippen LogP contribution in [0.3, 0.4) is 0 Å². The molecule has 0 radical (unpaired) electrons. The zero-order valence-electron chi connectivity index (χ0n) is 9.23. The largest absolute Gasteiger partial charge is 0.273 e. The van der Waals surface area contributed by atoms with Gasteiger partial charge in [-0.2, -0.15) is 0 Å². The van der Waals surface area contributed by atoms with Crippen molar-refractivity contribution in [1.29, 1.82) is 0 Å². The molecule has 1 aliphatic heterocycles. The Morgan fingerprint density at radius 1 is 1.25 bits per heavy atom. The quantitative estimate of drug-likeness (QED) is 0.574. The Balaban J connectivity index is 1.94. The van der Waals surface area contributed by atoms with E-state index in [-0.39, 0.29) is 0 Å². The van der Waals surface area contributed by atoms with Crippen LogP contribution in [0.4, 0.5) is 5.69 Å². The number of fused-ring (bicyclic) bond motifs is 1. The zero-order chi connectivity index (χ0) is 11.2. The number of para-hydroxylation sites is 1. The summed E-state index contributed by atoms with van der Waals surface area (Å²) in [5, 5.41) is 1.95. The Morgan fingerprint density at radius 3 is 3.00 bits per heavy atom. The van der Waals surface area contributed by atoms with Crippen LogP contribution in [0, 0.1) is 0 Å². The van der Waals surface area contributed by atoms with Crippen LogP contribution < -0.4 is 5.06 Å². The van der Waals surface area contributed by atoms with Crippen molar-refractivity contribution in [1.82, 2.24) is 0 Å². The Labute approximate surface area is 101 Å². The van der Waals surface area contributed by atoms with E-state index >= 15 is 0 Å². The fourth-order valence-corrected chi connectivity index (χ4v) is 1.91. The number of hydroxylamine groups is 1. The number of hydrogen-bond acceptors (Lipinski definition) is 2. The van der Waals surface area contributed by atoms with Crippen molar-refractivity contribution >= 4 is 23.4 Å². The number of alkyl halides is 1. The molecule has 0 aromatic heterocycles. The monoisotopic (exact) mass is 237 g/mol. The zero-order valence-corrected chi connectivity index (χ0v) is 9.99. The van der Waals surface area contributed by atoms with Crippen molar-refractivity contribution in [2.24, 2.45) is 0 Å². The second kappa shape index (κ2) is 5.92. The van der Waals surface area contributed by atoms with Gasteiger partial charge in [-0.05, 0) is 24.5 Å². The first-order valence-electron chi connectivity index (χ1n) is 5.64. The summed E-state index contributed by atoms with van der Waals surface area (Å²) >= 11 is 5.62. The third-order valence-electron chi connectivity index (χ3n) is 2.55. The Hall–Kier alpha value is -0.990. The van der Waals surface area contributed by atoms with Crippen LogP contribution in [0.25, 0.3) is 6.08 Å². The summed E-state index contributed by atoms with van der Waals surface area (Å²) in [5.74, 6) is 0.708. The summed E-state index contributed by atoms with van der Waals surface area (Å²) in [7, 11) is 0. The summed E-state index contributed by atoms with van der Waals surface area (Å²) in [6.45, 7) is 1.55. The highest BCUT2D eigenvalue weighted by Crippen LogP contribution is 2.25. The van der Waals surface area contributed by atoms with Crippen LogP contribution in [-0.4, -0.2) is 19.0 Å². The smallest absolute Gasteiger partial charge is 0.0749 e. The summed E-state index contributed by atoms with van der Waals surface area (Å²) in [6, 6.07) is 8.26. The lowest BCUT2D eigenvalue weighted by molar-refractivity contribution is 0.111. The van der Waals surface area contributed by atoms with E-state index in [0.717, 1.165) is 31.7 Å². The predicted molar refractivity (Wildman–Crippen MR) is 68.7 cm³/mol. The molecule has 2 nitrogen and oxygen atoms in total. The van der Waals surface area contributed by atoms with E-state index in [4.69, 9.17) is 16.4 Å². The fraction of sp³-hybridized carbons (Fsp3) is 0.385. The number of anilines is 1. The van der Waals surface area contributed by atoms with Gasteiger partial charge in [0.05, 0.1) is 18.8 Å². The molecule has 1 aromatic rings. The second-order valence-electron chi connectivity index (χ2n) is 3.75. The van der Waals surface area contributed by atoms with Gasteiger partial charge in [-0.25, -0.2) is 5.06 Å². The number of hydrogen-bond donors (Lipinski definition) is 0. The van der Waals surface area contributed by atoms with Gasteiger partial charge >= 0.3 is 0 Å². The molecule has 1 heterocycles. The molecule has 16 heavy (non-hydrogen) atoms. The minimum Gasteiger partial charge on any atom is -0.273 e. The molecule has 3 heteroatoms. The molecule has 0 unspecified atom stereocenters. The molecule has 2 rings (SSSR count). The maximum absolute atomic E-state index is 5.73. The SMILES string of the molecule is ClCCCCON1CC=Cc2ccccc21. The molecular weight excluding hydrogens is 222 g/mol. The van der Waals surface area contributed by atoms with Crippen LogP contribution in [-0.2, 0) is 4.84 Å². The van der Waals surface area contributed by atoms with E-state index in [1.807, 2.05) is 17.2 Å². The molecule has 1 aromatic carbocycles. The van der Waals surface area contributed by atoms with Crippen LogP contribution in [0.5, 0.6) is 0 Å². The topological polar surface area (TPSA) is 12.5 Å². The Morgan fingerprint density at radius 2 is 2.12 bits per heavy atom. The average Bonchev–Trinajstić information content (AvgIpc) is 2.35. The van der Waals surface area contributed by atoms with Crippen LogP contribution >= 0.6 is 11.6 Å². The van der Waals surface area contributed by atoms with Crippen LogP contribution in [0.15, 0.2) is 30.3 Å². The first-order valence-corrected chi connectivity index (χ1v) is 6.17. The summed E-state index contributed by atoms with van der Waals surface area (Å²) in [4.78, 5) is 5.73. The lowest BCUT2D eigenvalue weighted by atomic mass is 10.1. The summed E-state index contributed by atoms with van der Waals surface area (Å²) in [5.41, 5.74) is 2.36. The lowest BCUT2D eigenvalue weighted by Gasteiger charge is -2.26. The van der Waals surface area contributed by atoms with Crippen molar-refractivity contribution in [3.63, 3.8) is 0 Å². The van der Waals surface area contributed by atoms with Gasteiger partial charge in [-0.1, -0.05) is 30.4 Å². The highest BCUT2D eigenvalue weighted by molar-refractivity contribution is 6.17. The van der Waals surface area contributed by atoms with Crippen LogP contribution in [0.2, 0.25) is 0 Å². The number of halogens is 1. The molecular formula is C13H16ClNO. The minimum atomic E-state index is 0.708. The molecule has 1 aliphatic rings. The number of nitrogens with zero attached hydrogens (tertiary/aromatic N) is 1. The maximum atomic E-state index is 5.73. The number of benzene rings is 1. The van der Waals surface area contributed by atoms with Crippen molar-refractivity contribution < 1.29 is 4.84 Å². The van der Waals surface area contributed by atoms with Crippen molar-refractivity contribution in [3.8, 4) is 0 Å². The van der Waals surface area contributed by atoms with Gasteiger partial charge in [0, 0.05) is 5.88 Å². The number of rotatable bonds is 5. The fourth-order valence-electron chi connectivity index (χ4n) is 1.72. The van der Waals surface area contributed by atoms with Gasteiger partial charge in [0.25, 0.3) is 0 Å². The molecule has 0 atom stereocenters. The summed E-state index contributed by atoms with van der Waals surface area (Å²) < 4.78 is 0. The minimum absolute atomic E-state index is 0.708. The highest BCUT2D eigenvalue weighted by Gasteiger charge is 2.12. The molecule has 0 bridgehead atoms. The van der Waals surface area contributed by atoms with Gasteiger partial charge < -0.3 is 0 Å². The molecule has 0 amide bonds. The average molecular weight is 238 g/mol. The van der Waals surface area contributed by atoms with E-state index in [1.165, 1.54) is 5.56 Å². The van der Waals surface area contributed by atoms with Crippen molar-refractivity contribution in [3.05, 3.63) is 35.9 Å². The normalized spacial score (nSPS) is 13.9. The number of unbranched alkanes of at least 4 members (excludes halogenated alkanes) is 1. The van der Waals surface area contributed by atoms with E-state index in [0.29, 0.717) is 5.88 Å². The van der Waals surface area contributed by atoms with Crippen molar-refractivity contribution in [2.45, 2.75) is 12.8 Å². The van der Waals surface area contributed by atoms with E-state index in [1.54, 1.807) is 0 Å². The molecule has 0 saturated heterocycles. The predicted octanol–water partition coefficient (Wildman–Crippen LogP) is 3.47. The van der Waals surface area contributed by atoms with Crippen molar-refractivity contribution in [2.75, 3.05) is 24.1 Å². The van der Waals surface area contributed by atoms with E-state index in [2.05, 4.69) is 24.3 Å². The van der Waals surface area contributed by atoms with Gasteiger partial charge in [0.15, 0.2) is 0 Å². The third kappa shape index (κ3) is 2.77. The molecule has 0 N–H and O–H groups in total. The van der Waals surface area contributed by atoms with Gasteiger partial charge in [0.1, 0.15) is 0 Å². The van der Waals surface area contributed by atoms with Gasteiger partial charge in [0.2, 0.25) is 0 Å². The molecule has 0 saturated carbocycles. The molecule has 0 spiro atoms. The standard InChI is InChI=1S/C13H16ClNO/c14-9-3-4-11-16-15-10-5-7-12-6-1-2-8-13(12)15/h1-2,5-8H,3-4,9-11H2. The van der Waals surface area contributed by atoms with E-state index < -0.39 is 0 Å².